The fourth-order valence-electron chi connectivity index (χ4n) is 3.84. The number of carbonyl (C=O) groups excluding carboxylic acids is 2. The monoisotopic (exact) mass is 528 g/mol. The van der Waals surface area contributed by atoms with Crippen molar-refractivity contribution >= 4 is 57.5 Å². The molecule has 0 radical (unpaired) electrons. The van der Waals surface area contributed by atoms with Crippen LogP contribution in [-0.4, -0.2) is 18.0 Å². The molecule has 3 aromatic rings. The van der Waals surface area contributed by atoms with Gasteiger partial charge in [0.25, 0.3) is 5.91 Å². The van der Waals surface area contributed by atoms with Crippen LogP contribution >= 0.6 is 34.5 Å². The van der Waals surface area contributed by atoms with Crippen LogP contribution < -0.4 is 5.32 Å². The van der Waals surface area contributed by atoms with Crippen molar-refractivity contribution < 1.29 is 18.7 Å². The maximum absolute atomic E-state index is 13.0. The third-order valence-electron chi connectivity index (χ3n) is 5.43. The number of nitrogens with zero attached hydrogens (tertiary/aromatic N) is 1. The number of amides is 1. The molecule has 0 bridgehead atoms. The highest BCUT2D eigenvalue weighted by Gasteiger charge is 2.28. The Kier molecular flexibility index (Phi) is 7.66. The van der Waals surface area contributed by atoms with E-state index in [1.165, 1.54) is 17.4 Å². The van der Waals surface area contributed by atoms with Crippen molar-refractivity contribution in [3.8, 4) is 17.4 Å². The topological polar surface area (TPSA) is 92.3 Å². The van der Waals surface area contributed by atoms with Crippen LogP contribution in [0.5, 0.6) is 0 Å². The highest BCUT2D eigenvalue weighted by atomic mass is 35.5. The molecule has 2 heterocycles. The number of halogens is 2. The second-order valence-corrected chi connectivity index (χ2v) is 10.2. The Morgan fingerprint density at radius 2 is 1.94 bits per heavy atom. The molecule has 6 nitrogen and oxygen atoms in total. The Balaban J connectivity index is 1.59. The number of rotatable bonds is 6. The summed E-state index contributed by atoms with van der Waals surface area (Å²) in [5, 5.41) is 13.6. The number of ether oxygens (including phenoxy) is 1. The Morgan fingerprint density at radius 1 is 1.17 bits per heavy atom. The summed E-state index contributed by atoms with van der Waals surface area (Å²) in [6.45, 7) is 3.56. The van der Waals surface area contributed by atoms with E-state index in [4.69, 9.17) is 32.4 Å². The zero-order valence-corrected chi connectivity index (χ0v) is 21.4. The van der Waals surface area contributed by atoms with Gasteiger partial charge in [-0.3, -0.25) is 4.79 Å². The third kappa shape index (κ3) is 5.62. The molecule has 0 saturated carbocycles. The van der Waals surface area contributed by atoms with E-state index in [0.717, 1.165) is 36.1 Å². The number of aryl methyl sites for hydroxylation is 1. The molecule has 1 amide bonds. The van der Waals surface area contributed by atoms with E-state index in [1.807, 2.05) is 6.07 Å². The van der Waals surface area contributed by atoms with Gasteiger partial charge in [0.15, 0.2) is 0 Å². The van der Waals surface area contributed by atoms with E-state index in [-0.39, 0.29) is 11.7 Å². The molecule has 0 saturated heterocycles. The van der Waals surface area contributed by atoms with Crippen molar-refractivity contribution in [2.24, 2.45) is 0 Å². The largest absolute Gasteiger partial charge is 0.459 e. The first-order valence-corrected chi connectivity index (χ1v) is 12.7. The zero-order chi connectivity index (χ0) is 25.1. The van der Waals surface area contributed by atoms with Crippen molar-refractivity contribution in [2.75, 3.05) is 5.32 Å². The number of carbonyl (C=O) groups is 2. The number of benzene rings is 1. The number of esters is 1. The van der Waals surface area contributed by atoms with Crippen LogP contribution in [-0.2, 0) is 22.4 Å². The van der Waals surface area contributed by atoms with Crippen molar-refractivity contribution in [2.45, 2.75) is 45.6 Å². The van der Waals surface area contributed by atoms with Crippen LogP contribution in [0, 0.1) is 11.3 Å². The smallest absolute Gasteiger partial charge is 0.341 e. The number of nitrogens with one attached hydrogen (secondary N) is 1. The van der Waals surface area contributed by atoms with Gasteiger partial charge in [-0.1, -0.05) is 23.2 Å². The number of nitriles is 1. The summed E-state index contributed by atoms with van der Waals surface area (Å²) in [5.41, 5.74) is 1.88. The molecule has 0 unspecified atom stereocenters. The first-order chi connectivity index (χ1) is 16.8. The van der Waals surface area contributed by atoms with E-state index in [9.17, 15) is 14.9 Å². The van der Waals surface area contributed by atoms with Crippen molar-refractivity contribution in [3.63, 3.8) is 0 Å². The van der Waals surface area contributed by atoms with Crippen LogP contribution in [0.15, 0.2) is 40.3 Å². The van der Waals surface area contributed by atoms with E-state index < -0.39 is 11.9 Å². The zero-order valence-electron chi connectivity index (χ0n) is 19.1. The Hall–Kier alpha value is -3.05. The summed E-state index contributed by atoms with van der Waals surface area (Å²) < 4.78 is 11.2. The van der Waals surface area contributed by atoms with Gasteiger partial charge >= 0.3 is 5.97 Å². The van der Waals surface area contributed by atoms with E-state index in [2.05, 4.69) is 5.32 Å². The van der Waals surface area contributed by atoms with E-state index in [1.54, 1.807) is 44.2 Å². The molecule has 0 spiro atoms. The van der Waals surface area contributed by atoms with Gasteiger partial charge in [0.1, 0.15) is 28.2 Å². The molecule has 1 aliphatic carbocycles. The van der Waals surface area contributed by atoms with E-state index in [0.29, 0.717) is 37.7 Å². The minimum atomic E-state index is -0.628. The van der Waals surface area contributed by atoms with Crippen molar-refractivity contribution in [1.29, 1.82) is 5.26 Å². The molecule has 0 atom stereocenters. The first kappa shape index (κ1) is 25.1. The standard InChI is InChI=1S/C26H22Cl2N2O4S/c1-14(2)33-26(32)23-18-5-3-4-6-22(18)35-25(23)30-24(31)16(13-29)11-17-8-10-21(34-17)15-7-9-19(27)20(28)12-15/h7-12,14H,3-6H2,1-2H3,(H,30,31)/b16-11+. The predicted molar refractivity (Wildman–Crippen MR) is 138 cm³/mol. The molecule has 9 heteroatoms. The number of hydrogen-bond acceptors (Lipinski definition) is 6. The second-order valence-electron chi connectivity index (χ2n) is 8.32. The molecular formula is C26H22Cl2N2O4S. The van der Waals surface area contributed by atoms with Gasteiger partial charge in [-0.25, -0.2) is 4.79 Å². The van der Waals surface area contributed by atoms with Gasteiger partial charge in [0.2, 0.25) is 0 Å². The molecule has 180 valence electrons. The lowest BCUT2D eigenvalue weighted by atomic mass is 9.95. The first-order valence-electron chi connectivity index (χ1n) is 11.1. The summed E-state index contributed by atoms with van der Waals surface area (Å²) >= 11 is 13.4. The van der Waals surface area contributed by atoms with Gasteiger partial charge in [0.05, 0.1) is 21.7 Å². The quantitative estimate of drug-likeness (QED) is 0.205. The molecule has 1 N–H and O–H groups in total. The van der Waals surface area contributed by atoms with Gasteiger partial charge in [-0.15, -0.1) is 11.3 Å². The average Bonchev–Trinajstić information content (AvgIpc) is 3.43. The van der Waals surface area contributed by atoms with Crippen molar-refractivity contribution in [1.82, 2.24) is 0 Å². The number of anilines is 1. The Labute approximate surface area is 217 Å². The van der Waals surface area contributed by atoms with Crippen LogP contribution in [0.2, 0.25) is 10.0 Å². The van der Waals surface area contributed by atoms with E-state index >= 15 is 0 Å². The van der Waals surface area contributed by atoms with Gasteiger partial charge < -0.3 is 14.5 Å². The molecule has 1 aliphatic rings. The molecule has 1 aromatic carbocycles. The summed E-state index contributed by atoms with van der Waals surface area (Å²) in [5.74, 6) is -0.258. The maximum Gasteiger partial charge on any atom is 0.341 e. The van der Waals surface area contributed by atoms with Gasteiger partial charge in [-0.05, 0) is 75.4 Å². The summed E-state index contributed by atoms with van der Waals surface area (Å²) in [4.78, 5) is 26.9. The van der Waals surface area contributed by atoms with Gasteiger partial charge in [0, 0.05) is 16.5 Å². The third-order valence-corrected chi connectivity index (χ3v) is 7.37. The highest BCUT2D eigenvalue weighted by Crippen LogP contribution is 2.39. The molecule has 4 rings (SSSR count). The SMILES string of the molecule is CC(C)OC(=O)c1c(NC(=O)/C(C#N)=C/c2ccc(-c3ccc(Cl)c(Cl)c3)o2)sc2c1CCCC2. The second kappa shape index (κ2) is 10.7. The molecule has 0 fully saturated rings. The molecule has 0 aliphatic heterocycles. The Bertz CT molecular complexity index is 1360. The van der Waals surface area contributed by atoms with Crippen LogP contribution in [0.1, 0.15) is 53.2 Å². The average molecular weight is 529 g/mol. The maximum atomic E-state index is 13.0. The number of hydrogen-bond donors (Lipinski definition) is 1. The molecular weight excluding hydrogens is 507 g/mol. The minimum Gasteiger partial charge on any atom is -0.459 e. The lowest BCUT2D eigenvalue weighted by Crippen LogP contribution is -2.18. The molecule has 35 heavy (non-hydrogen) atoms. The molecule has 2 aromatic heterocycles. The van der Waals surface area contributed by atoms with Crippen molar-refractivity contribution in [3.05, 3.63) is 67.7 Å². The lowest BCUT2D eigenvalue weighted by Gasteiger charge is -2.14. The number of furan rings is 1. The Morgan fingerprint density at radius 3 is 2.66 bits per heavy atom. The normalized spacial score (nSPS) is 13.3. The fraction of sp³-hybridized carbons (Fsp3) is 0.269. The lowest BCUT2D eigenvalue weighted by molar-refractivity contribution is -0.112. The van der Waals surface area contributed by atoms with Crippen LogP contribution in [0.25, 0.3) is 17.4 Å². The summed E-state index contributed by atoms with van der Waals surface area (Å²) in [6.07, 6.45) is 4.68. The van der Waals surface area contributed by atoms with Gasteiger partial charge in [-0.2, -0.15) is 5.26 Å². The summed E-state index contributed by atoms with van der Waals surface area (Å²) in [6, 6.07) is 10.4. The van der Waals surface area contributed by atoms with Crippen LogP contribution in [0.3, 0.4) is 0 Å². The number of fused-ring (bicyclic) bond motifs is 1. The minimum absolute atomic E-state index is 0.158. The highest BCUT2D eigenvalue weighted by molar-refractivity contribution is 7.17. The summed E-state index contributed by atoms with van der Waals surface area (Å²) in [7, 11) is 0. The number of thiophene rings is 1. The fourth-order valence-corrected chi connectivity index (χ4v) is 5.41. The van der Waals surface area contributed by atoms with Crippen LogP contribution in [0.4, 0.5) is 5.00 Å². The predicted octanol–water partition coefficient (Wildman–Crippen LogP) is 7.30.